The lowest BCUT2D eigenvalue weighted by atomic mass is 9.73. The second-order valence-electron chi connectivity index (χ2n) is 5.89. The summed E-state index contributed by atoms with van der Waals surface area (Å²) in [5, 5.41) is 11.9. The summed E-state index contributed by atoms with van der Waals surface area (Å²) in [5.74, 6) is -2.00. The van der Waals surface area contributed by atoms with Crippen LogP contribution in [0, 0.1) is 5.82 Å². The zero-order chi connectivity index (χ0) is 18.3. The van der Waals surface area contributed by atoms with Crippen LogP contribution in [-0.4, -0.2) is 49.5 Å². The molecule has 1 unspecified atom stereocenters. The van der Waals surface area contributed by atoms with Gasteiger partial charge in [-0.15, -0.1) is 6.58 Å². The monoisotopic (exact) mass is 351 g/mol. The maximum absolute atomic E-state index is 13.2. The fraction of sp³-hybridized carbons (Fsp3) is 0.444. The number of carboxylic acid groups (broad SMARTS) is 1. The van der Waals surface area contributed by atoms with Gasteiger partial charge in [0, 0.05) is 13.2 Å². The minimum Gasteiger partial charge on any atom is -0.480 e. The molecule has 1 aromatic rings. The molecule has 0 bridgehead atoms. The van der Waals surface area contributed by atoms with Crippen LogP contribution < -0.4 is 5.32 Å². The minimum atomic E-state index is -1.18. The second kappa shape index (κ2) is 8.73. The van der Waals surface area contributed by atoms with Gasteiger partial charge in [0.25, 0.3) is 0 Å². The lowest BCUT2D eigenvalue weighted by Gasteiger charge is -2.37. The summed E-state index contributed by atoms with van der Waals surface area (Å²) < 4.78 is 23.7. The van der Waals surface area contributed by atoms with Gasteiger partial charge in [0.2, 0.25) is 5.91 Å². The third kappa shape index (κ3) is 4.64. The van der Waals surface area contributed by atoms with E-state index in [1.165, 1.54) is 18.2 Å². The number of carbonyl (C=O) groups excluding carboxylic acids is 1. The van der Waals surface area contributed by atoms with Gasteiger partial charge in [0.05, 0.1) is 18.6 Å². The number of aliphatic carboxylic acids is 1. The van der Waals surface area contributed by atoms with E-state index in [1.807, 2.05) is 0 Å². The minimum absolute atomic E-state index is 0.164. The van der Waals surface area contributed by atoms with E-state index in [-0.39, 0.29) is 13.2 Å². The van der Waals surface area contributed by atoms with Crippen molar-refractivity contribution < 1.29 is 28.6 Å². The Hall–Kier alpha value is -2.25. The first kappa shape index (κ1) is 19.1. The number of amides is 1. The van der Waals surface area contributed by atoms with Crippen LogP contribution in [0.1, 0.15) is 18.4 Å². The molecule has 1 atom stereocenters. The number of benzene rings is 1. The van der Waals surface area contributed by atoms with Gasteiger partial charge in [-0.05, 0) is 30.5 Å². The van der Waals surface area contributed by atoms with Crippen molar-refractivity contribution in [3.05, 3.63) is 48.3 Å². The highest BCUT2D eigenvalue weighted by molar-refractivity contribution is 5.91. The van der Waals surface area contributed by atoms with Crippen LogP contribution in [0.15, 0.2) is 36.9 Å². The summed E-state index contributed by atoms with van der Waals surface area (Å²) in [6, 6.07) is 4.53. The first-order valence-electron chi connectivity index (χ1n) is 8.06. The Morgan fingerprint density at radius 2 is 2.00 bits per heavy atom. The molecule has 1 saturated heterocycles. The molecule has 0 saturated carbocycles. The number of hydrogen-bond acceptors (Lipinski definition) is 4. The molecule has 0 radical (unpaired) electrons. The highest BCUT2D eigenvalue weighted by atomic mass is 19.1. The number of carboxylic acids is 1. The van der Waals surface area contributed by atoms with Gasteiger partial charge in [0.15, 0.2) is 6.04 Å². The highest BCUT2D eigenvalue weighted by Gasteiger charge is 2.43. The average Bonchev–Trinajstić information content (AvgIpc) is 2.62. The van der Waals surface area contributed by atoms with Crippen LogP contribution in [0.2, 0.25) is 0 Å². The molecule has 0 aromatic heterocycles. The Morgan fingerprint density at radius 3 is 2.56 bits per heavy atom. The van der Waals surface area contributed by atoms with Crippen LogP contribution in [0.3, 0.4) is 0 Å². The van der Waals surface area contributed by atoms with E-state index in [1.54, 1.807) is 12.1 Å². The standard InChI is InChI=1S/C18H22FNO5/c1-2-9-25-12-15(16(21)22)20-17(23)18(7-10-24-11-8-18)13-3-5-14(19)6-4-13/h2-6,15H,1,7-12H2,(H,20,23)(H,21,22). The second-order valence-corrected chi connectivity index (χ2v) is 5.89. The summed E-state index contributed by atoms with van der Waals surface area (Å²) in [6.45, 7) is 4.26. The van der Waals surface area contributed by atoms with Gasteiger partial charge < -0.3 is 19.9 Å². The van der Waals surface area contributed by atoms with Crippen molar-refractivity contribution >= 4 is 11.9 Å². The molecule has 6 nitrogen and oxygen atoms in total. The Morgan fingerprint density at radius 1 is 1.36 bits per heavy atom. The molecule has 1 fully saturated rings. The summed E-state index contributed by atoms with van der Waals surface area (Å²) in [7, 11) is 0. The van der Waals surface area contributed by atoms with Crippen LogP contribution in [-0.2, 0) is 24.5 Å². The predicted molar refractivity (Wildman–Crippen MR) is 88.7 cm³/mol. The van der Waals surface area contributed by atoms with Gasteiger partial charge in [-0.2, -0.15) is 0 Å². The first-order chi connectivity index (χ1) is 12.0. The van der Waals surface area contributed by atoms with Gasteiger partial charge in [-0.25, -0.2) is 9.18 Å². The van der Waals surface area contributed by atoms with E-state index in [9.17, 15) is 19.1 Å². The topological polar surface area (TPSA) is 84.9 Å². The maximum Gasteiger partial charge on any atom is 0.328 e. The van der Waals surface area contributed by atoms with Gasteiger partial charge in [0.1, 0.15) is 5.82 Å². The van der Waals surface area contributed by atoms with Crippen molar-refractivity contribution in [2.45, 2.75) is 24.3 Å². The molecule has 2 N–H and O–H groups in total. The van der Waals surface area contributed by atoms with Crippen LogP contribution in [0.25, 0.3) is 0 Å². The smallest absolute Gasteiger partial charge is 0.328 e. The number of hydrogen-bond donors (Lipinski definition) is 2. The van der Waals surface area contributed by atoms with Crippen molar-refractivity contribution in [1.29, 1.82) is 0 Å². The molecule has 1 aromatic carbocycles. The first-order valence-corrected chi connectivity index (χ1v) is 8.06. The van der Waals surface area contributed by atoms with Crippen molar-refractivity contribution in [2.75, 3.05) is 26.4 Å². The molecule has 2 rings (SSSR count). The molecule has 1 heterocycles. The molecular formula is C18H22FNO5. The van der Waals surface area contributed by atoms with E-state index in [4.69, 9.17) is 9.47 Å². The molecule has 136 valence electrons. The normalized spacial score (nSPS) is 17.5. The van der Waals surface area contributed by atoms with E-state index < -0.39 is 29.2 Å². The SMILES string of the molecule is C=CCOCC(NC(=O)C1(c2ccc(F)cc2)CCOCC1)C(=O)O. The molecule has 1 aliphatic heterocycles. The summed E-state index contributed by atoms with van der Waals surface area (Å²) in [6.07, 6.45) is 2.29. The van der Waals surface area contributed by atoms with Crippen molar-refractivity contribution in [1.82, 2.24) is 5.32 Å². The highest BCUT2D eigenvalue weighted by Crippen LogP contribution is 2.35. The van der Waals surface area contributed by atoms with Gasteiger partial charge in [-0.3, -0.25) is 4.79 Å². The Balaban J connectivity index is 2.21. The fourth-order valence-electron chi connectivity index (χ4n) is 2.88. The van der Waals surface area contributed by atoms with E-state index in [2.05, 4.69) is 11.9 Å². The third-order valence-electron chi connectivity index (χ3n) is 4.30. The zero-order valence-electron chi connectivity index (χ0n) is 13.9. The number of nitrogens with one attached hydrogen (secondary N) is 1. The van der Waals surface area contributed by atoms with Crippen molar-refractivity contribution in [2.24, 2.45) is 0 Å². The van der Waals surface area contributed by atoms with E-state index in [0.29, 0.717) is 31.6 Å². The Labute approximate surface area is 145 Å². The third-order valence-corrected chi connectivity index (χ3v) is 4.30. The van der Waals surface area contributed by atoms with Gasteiger partial charge in [-0.1, -0.05) is 18.2 Å². The number of halogens is 1. The van der Waals surface area contributed by atoms with E-state index in [0.717, 1.165) is 0 Å². The molecule has 1 aliphatic rings. The largest absolute Gasteiger partial charge is 0.480 e. The molecule has 0 spiro atoms. The summed E-state index contributed by atoms with van der Waals surface area (Å²) >= 11 is 0. The van der Waals surface area contributed by atoms with Crippen LogP contribution in [0.4, 0.5) is 4.39 Å². The zero-order valence-corrected chi connectivity index (χ0v) is 13.9. The van der Waals surface area contributed by atoms with Crippen molar-refractivity contribution in [3.8, 4) is 0 Å². The summed E-state index contributed by atoms with van der Waals surface area (Å²) in [5.41, 5.74) is -0.302. The Bertz CT molecular complexity index is 610. The van der Waals surface area contributed by atoms with Crippen molar-refractivity contribution in [3.63, 3.8) is 0 Å². The Kier molecular flexibility index (Phi) is 6.66. The van der Waals surface area contributed by atoms with Crippen LogP contribution >= 0.6 is 0 Å². The average molecular weight is 351 g/mol. The van der Waals surface area contributed by atoms with Crippen LogP contribution in [0.5, 0.6) is 0 Å². The molecule has 7 heteroatoms. The lowest BCUT2D eigenvalue weighted by Crippen LogP contribution is -2.54. The lowest BCUT2D eigenvalue weighted by molar-refractivity contribution is -0.145. The molecular weight excluding hydrogens is 329 g/mol. The molecule has 1 amide bonds. The molecule has 25 heavy (non-hydrogen) atoms. The molecule has 0 aliphatic carbocycles. The summed E-state index contributed by atoms with van der Waals surface area (Å²) in [4.78, 5) is 24.4. The fourth-order valence-corrected chi connectivity index (χ4v) is 2.88. The quantitative estimate of drug-likeness (QED) is 0.549. The number of rotatable bonds is 8. The number of carbonyl (C=O) groups is 2. The maximum atomic E-state index is 13.2. The predicted octanol–water partition coefficient (Wildman–Crippen LogP) is 1.65. The van der Waals surface area contributed by atoms with E-state index >= 15 is 0 Å². The van der Waals surface area contributed by atoms with Gasteiger partial charge >= 0.3 is 5.97 Å². The number of ether oxygens (including phenoxy) is 2.